The lowest BCUT2D eigenvalue weighted by atomic mass is 10.1. The summed E-state index contributed by atoms with van der Waals surface area (Å²) in [6.07, 6.45) is 5.71. The van der Waals surface area contributed by atoms with Gasteiger partial charge in [0.1, 0.15) is 17.1 Å². The van der Waals surface area contributed by atoms with Crippen molar-refractivity contribution in [3.05, 3.63) is 58.9 Å². The topological polar surface area (TPSA) is 89.5 Å². The summed E-state index contributed by atoms with van der Waals surface area (Å²) in [5.74, 6) is 1.21. The Morgan fingerprint density at radius 2 is 1.93 bits per heavy atom. The van der Waals surface area contributed by atoms with Crippen LogP contribution in [0.5, 0.6) is 11.6 Å². The zero-order valence-corrected chi connectivity index (χ0v) is 17.3. The fraction of sp³-hybridized carbons (Fsp3) is 0.381. The van der Waals surface area contributed by atoms with Crippen molar-refractivity contribution in [3.8, 4) is 11.6 Å². The molecular weight excluding hydrogens is 390 g/mol. The number of hydrogen-bond donors (Lipinski definition) is 0. The molecule has 1 saturated carbocycles. The Kier molecular flexibility index (Phi) is 4.90. The zero-order valence-electron chi connectivity index (χ0n) is 16.5. The van der Waals surface area contributed by atoms with Crippen molar-refractivity contribution in [3.63, 3.8) is 0 Å². The van der Waals surface area contributed by atoms with Crippen LogP contribution in [0.2, 0.25) is 0 Å². The van der Waals surface area contributed by atoms with Crippen molar-refractivity contribution in [1.29, 1.82) is 0 Å². The van der Waals surface area contributed by atoms with Gasteiger partial charge in [-0.15, -0.1) is 0 Å². The standard InChI is InChI=1S/C21H23N3O4S/c1-21(8-9-21)10-18-22-11-17(19(23-18)28-16-6-4-3-5-7-16)20(25)24-12-15(13-24)14-29(2,26)27/h3-7,11,14H,8-10,12-13H2,1-2H3. The number of carbonyl (C=O) groups is 1. The number of sulfone groups is 1. The van der Waals surface area contributed by atoms with Crippen LogP contribution in [-0.4, -0.2) is 48.5 Å². The Balaban J connectivity index is 1.58. The molecule has 2 aliphatic rings. The fourth-order valence-corrected chi connectivity index (χ4v) is 3.97. The molecule has 0 atom stereocenters. The van der Waals surface area contributed by atoms with E-state index in [-0.39, 0.29) is 35.9 Å². The maximum atomic E-state index is 12.9. The highest BCUT2D eigenvalue weighted by Gasteiger charge is 2.38. The van der Waals surface area contributed by atoms with E-state index in [4.69, 9.17) is 4.74 Å². The summed E-state index contributed by atoms with van der Waals surface area (Å²) in [5.41, 5.74) is 1.21. The first-order valence-corrected chi connectivity index (χ1v) is 11.4. The van der Waals surface area contributed by atoms with Crippen LogP contribution in [0.15, 0.2) is 47.5 Å². The summed E-state index contributed by atoms with van der Waals surface area (Å²) in [7, 11) is -3.21. The van der Waals surface area contributed by atoms with Gasteiger partial charge < -0.3 is 9.64 Å². The molecule has 1 aromatic heterocycles. The van der Waals surface area contributed by atoms with Crippen molar-refractivity contribution in [2.24, 2.45) is 5.41 Å². The first-order chi connectivity index (χ1) is 13.7. The van der Waals surface area contributed by atoms with E-state index in [1.807, 2.05) is 18.2 Å². The third kappa shape index (κ3) is 4.82. The van der Waals surface area contributed by atoms with E-state index in [0.717, 1.165) is 25.5 Å². The maximum Gasteiger partial charge on any atom is 0.261 e. The second kappa shape index (κ2) is 7.26. The molecule has 4 rings (SSSR count). The average molecular weight is 413 g/mol. The molecule has 7 nitrogen and oxygen atoms in total. The lowest BCUT2D eigenvalue weighted by Crippen LogP contribution is -2.44. The van der Waals surface area contributed by atoms with Crippen LogP contribution < -0.4 is 4.74 Å². The highest BCUT2D eigenvalue weighted by molar-refractivity contribution is 7.93. The summed E-state index contributed by atoms with van der Waals surface area (Å²) in [6.45, 7) is 2.75. The molecule has 29 heavy (non-hydrogen) atoms. The number of aromatic nitrogens is 2. The van der Waals surface area contributed by atoms with Crippen molar-refractivity contribution in [1.82, 2.24) is 14.9 Å². The summed E-state index contributed by atoms with van der Waals surface area (Å²) in [6, 6.07) is 9.18. The predicted molar refractivity (Wildman–Crippen MR) is 108 cm³/mol. The highest BCUT2D eigenvalue weighted by Crippen LogP contribution is 2.47. The van der Waals surface area contributed by atoms with E-state index in [1.54, 1.807) is 17.0 Å². The van der Waals surface area contributed by atoms with E-state index in [1.165, 1.54) is 11.6 Å². The quantitative estimate of drug-likeness (QED) is 0.723. The molecule has 8 heteroatoms. The van der Waals surface area contributed by atoms with Crippen LogP contribution in [0.25, 0.3) is 0 Å². The van der Waals surface area contributed by atoms with Crippen molar-refractivity contribution in [2.45, 2.75) is 26.2 Å². The number of rotatable bonds is 6. The van der Waals surface area contributed by atoms with Gasteiger partial charge in [0, 0.05) is 37.4 Å². The normalized spacial score (nSPS) is 17.4. The van der Waals surface area contributed by atoms with Crippen molar-refractivity contribution >= 4 is 15.7 Å². The molecule has 1 aliphatic carbocycles. The smallest absolute Gasteiger partial charge is 0.261 e. The Labute approximate surface area is 170 Å². The number of likely N-dealkylation sites (tertiary alicyclic amines) is 1. The van der Waals surface area contributed by atoms with Gasteiger partial charge in [-0.25, -0.2) is 13.4 Å². The van der Waals surface area contributed by atoms with Crippen LogP contribution in [0, 0.1) is 5.41 Å². The molecular formula is C21H23N3O4S. The summed E-state index contributed by atoms with van der Waals surface area (Å²) in [5, 5.41) is 1.22. The summed E-state index contributed by atoms with van der Waals surface area (Å²) in [4.78, 5) is 23.4. The van der Waals surface area contributed by atoms with Gasteiger partial charge in [-0.05, 0) is 36.0 Å². The molecule has 0 spiro atoms. The number of ether oxygens (including phenoxy) is 1. The highest BCUT2D eigenvalue weighted by atomic mass is 32.2. The molecule has 1 saturated heterocycles. The Morgan fingerprint density at radius 1 is 1.24 bits per heavy atom. The Bertz CT molecular complexity index is 1070. The van der Waals surface area contributed by atoms with Crippen LogP contribution in [-0.2, 0) is 16.3 Å². The molecule has 2 aromatic rings. The first-order valence-electron chi connectivity index (χ1n) is 9.48. The monoisotopic (exact) mass is 413 g/mol. The van der Waals surface area contributed by atoms with Gasteiger partial charge in [-0.3, -0.25) is 4.79 Å². The molecule has 0 N–H and O–H groups in total. The lowest BCUT2D eigenvalue weighted by Gasteiger charge is -2.34. The Hall–Kier alpha value is -2.74. The van der Waals surface area contributed by atoms with Gasteiger partial charge in [0.2, 0.25) is 5.88 Å². The fourth-order valence-electron chi connectivity index (χ4n) is 3.22. The predicted octanol–water partition coefficient (Wildman–Crippen LogP) is 3.00. The van der Waals surface area contributed by atoms with E-state index < -0.39 is 9.84 Å². The minimum absolute atomic E-state index is 0.232. The molecule has 2 fully saturated rings. The molecule has 0 bridgehead atoms. The zero-order chi connectivity index (χ0) is 20.6. The SMILES string of the molecule is CC1(Cc2ncc(C(=O)N3CC(=CS(C)(=O)=O)C3)c(Oc3ccccc3)n2)CC1. The van der Waals surface area contributed by atoms with Crippen LogP contribution in [0.1, 0.15) is 35.9 Å². The summed E-state index contributed by atoms with van der Waals surface area (Å²) < 4.78 is 28.7. The molecule has 0 radical (unpaired) electrons. The molecule has 0 unspecified atom stereocenters. The lowest BCUT2D eigenvalue weighted by molar-refractivity contribution is 0.0723. The molecule has 1 amide bonds. The third-order valence-corrected chi connectivity index (χ3v) is 5.90. The van der Waals surface area contributed by atoms with Gasteiger partial charge in [0.25, 0.3) is 5.91 Å². The number of para-hydroxylation sites is 1. The van der Waals surface area contributed by atoms with Gasteiger partial charge in [0.15, 0.2) is 9.84 Å². The number of carbonyl (C=O) groups excluding carboxylic acids is 1. The van der Waals surface area contributed by atoms with Crippen LogP contribution in [0.4, 0.5) is 0 Å². The number of amides is 1. The second-order valence-corrected chi connectivity index (χ2v) is 10.1. The molecule has 1 aliphatic heterocycles. The number of hydrogen-bond acceptors (Lipinski definition) is 6. The maximum absolute atomic E-state index is 12.9. The third-order valence-electron chi connectivity index (χ3n) is 5.14. The van der Waals surface area contributed by atoms with E-state index in [0.29, 0.717) is 17.1 Å². The number of nitrogens with zero attached hydrogens (tertiary/aromatic N) is 3. The minimum Gasteiger partial charge on any atom is -0.438 e. The molecule has 152 valence electrons. The van der Waals surface area contributed by atoms with Gasteiger partial charge >= 0.3 is 0 Å². The minimum atomic E-state index is -3.21. The summed E-state index contributed by atoms with van der Waals surface area (Å²) >= 11 is 0. The van der Waals surface area contributed by atoms with Gasteiger partial charge in [0.05, 0.1) is 0 Å². The average Bonchev–Trinajstić information content (AvgIpc) is 3.34. The van der Waals surface area contributed by atoms with Crippen LogP contribution in [0.3, 0.4) is 0 Å². The number of benzene rings is 1. The largest absolute Gasteiger partial charge is 0.438 e. The molecule has 1 aromatic carbocycles. The molecule has 2 heterocycles. The van der Waals surface area contributed by atoms with Gasteiger partial charge in [-0.1, -0.05) is 25.1 Å². The van der Waals surface area contributed by atoms with Crippen LogP contribution >= 0.6 is 0 Å². The van der Waals surface area contributed by atoms with E-state index in [9.17, 15) is 13.2 Å². The van der Waals surface area contributed by atoms with Crippen molar-refractivity contribution in [2.75, 3.05) is 19.3 Å². The van der Waals surface area contributed by atoms with E-state index >= 15 is 0 Å². The second-order valence-electron chi connectivity index (χ2n) is 8.17. The van der Waals surface area contributed by atoms with E-state index in [2.05, 4.69) is 16.9 Å². The van der Waals surface area contributed by atoms with Gasteiger partial charge in [-0.2, -0.15) is 4.98 Å². The van der Waals surface area contributed by atoms with Crippen molar-refractivity contribution < 1.29 is 17.9 Å². The Morgan fingerprint density at radius 3 is 2.55 bits per heavy atom. The first kappa shape index (κ1) is 19.6.